The van der Waals surface area contributed by atoms with Crippen LogP contribution in [0.4, 0.5) is 5.00 Å². The van der Waals surface area contributed by atoms with E-state index < -0.39 is 0 Å². The number of nitrogens with zero attached hydrogens (tertiary/aromatic N) is 2. The molecule has 106 valence electrons. The monoisotopic (exact) mass is 309 g/mol. The molecule has 5 nitrogen and oxygen atoms in total. The Morgan fingerprint density at radius 2 is 2.15 bits per heavy atom. The van der Waals surface area contributed by atoms with E-state index in [4.69, 9.17) is 9.47 Å². The fraction of sp³-hybridized carbons (Fsp3) is 0.385. The van der Waals surface area contributed by atoms with Crippen molar-refractivity contribution in [3.05, 3.63) is 23.9 Å². The molecule has 0 unspecified atom stereocenters. The molecule has 2 heterocycles. The van der Waals surface area contributed by atoms with Crippen LogP contribution in [0.2, 0.25) is 0 Å². The average molecular weight is 309 g/mol. The summed E-state index contributed by atoms with van der Waals surface area (Å²) in [6.45, 7) is 1.43. The Bertz CT molecular complexity index is 589. The number of anilines is 1. The Morgan fingerprint density at radius 3 is 3.00 bits per heavy atom. The lowest BCUT2D eigenvalue weighted by atomic mass is 10.3. The second kappa shape index (κ2) is 6.32. The Balaban J connectivity index is 1.70. The fourth-order valence-corrected chi connectivity index (χ4v) is 3.36. The Morgan fingerprint density at radius 1 is 1.30 bits per heavy atom. The number of rotatable bonds is 4. The first-order valence-electron chi connectivity index (χ1n) is 6.38. The minimum atomic E-state index is 0.709. The van der Waals surface area contributed by atoms with Gasteiger partial charge in [-0.25, -0.2) is 0 Å². The van der Waals surface area contributed by atoms with Gasteiger partial charge in [0.2, 0.25) is 0 Å². The van der Waals surface area contributed by atoms with E-state index in [1.165, 1.54) is 11.5 Å². The first-order chi connectivity index (χ1) is 9.86. The normalized spacial score (nSPS) is 13.8. The first-order valence-corrected chi connectivity index (χ1v) is 8.14. The van der Waals surface area contributed by atoms with Gasteiger partial charge in [-0.3, -0.25) is 0 Å². The van der Waals surface area contributed by atoms with E-state index in [1.807, 2.05) is 19.2 Å². The van der Waals surface area contributed by atoms with Crippen LogP contribution in [0.1, 0.15) is 12.1 Å². The molecule has 0 atom stereocenters. The zero-order chi connectivity index (χ0) is 13.8. The largest absolute Gasteiger partial charge is 0.490 e. The van der Waals surface area contributed by atoms with E-state index in [0.29, 0.717) is 6.61 Å². The second-order valence-corrected chi connectivity index (χ2v) is 6.05. The molecule has 2 aromatic rings. The van der Waals surface area contributed by atoms with Gasteiger partial charge in [-0.05, 0) is 18.2 Å². The molecule has 0 saturated carbocycles. The van der Waals surface area contributed by atoms with Crippen LogP contribution in [0.15, 0.2) is 23.1 Å². The summed E-state index contributed by atoms with van der Waals surface area (Å²) in [5.74, 6) is 2.45. The van der Waals surface area contributed by atoms with Gasteiger partial charge in [0.25, 0.3) is 0 Å². The molecule has 3 rings (SSSR count). The topological polar surface area (TPSA) is 56.3 Å². The van der Waals surface area contributed by atoms with Gasteiger partial charge in [-0.15, -0.1) is 16.9 Å². The van der Waals surface area contributed by atoms with Gasteiger partial charge in [-0.2, -0.15) is 0 Å². The molecule has 1 N–H and O–H groups in total. The summed E-state index contributed by atoms with van der Waals surface area (Å²) in [5.41, 5.74) is 0.981. The second-order valence-electron chi connectivity index (χ2n) is 4.25. The maximum Gasteiger partial charge on any atom is 0.162 e. The summed E-state index contributed by atoms with van der Waals surface area (Å²) in [7, 11) is 1.89. The maximum atomic E-state index is 5.69. The first kappa shape index (κ1) is 13.5. The lowest BCUT2D eigenvalue weighted by Gasteiger charge is -2.08. The van der Waals surface area contributed by atoms with E-state index in [9.17, 15) is 0 Å². The highest BCUT2D eigenvalue weighted by molar-refractivity contribution is 7.98. The van der Waals surface area contributed by atoms with Gasteiger partial charge in [0.15, 0.2) is 11.5 Å². The molecule has 7 heteroatoms. The van der Waals surface area contributed by atoms with E-state index >= 15 is 0 Å². The van der Waals surface area contributed by atoms with Crippen LogP contribution in [0, 0.1) is 0 Å². The van der Waals surface area contributed by atoms with E-state index in [2.05, 4.69) is 21.0 Å². The van der Waals surface area contributed by atoms with E-state index in [1.54, 1.807) is 11.8 Å². The van der Waals surface area contributed by atoms with Gasteiger partial charge in [-0.1, -0.05) is 4.49 Å². The lowest BCUT2D eigenvalue weighted by molar-refractivity contribution is 0.297. The minimum absolute atomic E-state index is 0.709. The predicted octanol–water partition coefficient (Wildman–Crippen LogP) is 3.03. The average Bonchev–Trinajstić information content (AvgIpc) is 2.81. The van der Waals surface area contributed by atoms with Gasteiger partial charge in [0.1, 0.15) is 10.7 Å². The predicted molar refractivity (Wildman–Crippen MR) is 81.1 cm³/mol. The quantitative estimate of drug-likeness (QED) is 0.876. The molecule has 0 radical (unpaired) electrons. The van der Waals surface area contributed by atoms with Crippen molar-refractivity contribution < 1.29 is 9.47 Å². The molecule has 0 bridgehead atoms. The van der Waals surface area contributed by atoms with Crippen molar-refractivity contribution in [3.63, 3.8) is 0 Å². The van der Waals surface area contributed by atoms with Crippen molar-refractivity contribution in [1.29, 1.82) is 0 Å². The molecule has 0 fully saturated rings. The van der Waals surface area contributed by atoms with Gasteiger partial charge < -0.3 is 14.8 Å². The Kier molecular flexibility index (Phi) is 4.27. The molecule has 0 amide bonds. The van der Waals surface area contributed by atoms with Crippen LogP contribution in [0.3, 0.4) is 0 Å². The molecular weight excluding hydrogens is 294 g/mol. The summed E-state index contributed by atoms with van der Waals surface area (Å²) >= 11 is 3.10. The van der Waals surface area contributed by atoms with Crippen molar-refractivity contribution in [2.75, 3.05) is 25.6 Å². The number of aromatic nitrogens is 2. The van der Waals surface area contributed by atoms with Crippen LogP contribution < -0.4 is 14.8 Å². The summed E-state index contributed by atoms with van der Waals surface area (Å²) in [6, 6.07) is 6.06. The van der Waals surface area contributed by atoms with E-state index in [-0.39, 0.29) is 0 Å². The standard InChI is InChI=1S/C13H15N3O2S2/c1-14-13-10(15-16-20-13)8-19-9-3-4-11-12(7-9)18-6-2-5-17-11/h3-4,7,14H,2,5-6,8H2,1H3. The van der Waals surface area contributed by atoms with Gasteiger partial charge in [0.05, 0.1) is 13.2 Å². The number of thioether (sulfide) groups is 1. The molecule has 0 saturated heterocycles. The Hall–Kier alpha value is -1.47. The molecule has 0 spiro atoms. The van der Waals surface area contributed by atoms with Crippen LogP contribution in [-0.2, 0) is 5.75 Å². The van der Waals surface area contributed by atoms with Crippen LogP contribution in [0.25, 0.3) is 0 Å². The SMILES string of the molecule is CNc1snnc1CSc1ccc2c(c1)OCCCO2. The van der Waals surface area contributed by atoms with Crippen molar-refractivity contribution in [3.8, 4) is 11.5 Å². The maximum absolute atomic E-state index is 5.69. The fourth-order valence-electron chi connectivity index (χ4n) is 1.88. The van der Waals surface area contributed by atoms with E-state index in [0.717, 1.165) is 45.9 Å². The highest BCUT2D eigenvalue weighted by Crippen LogP contribution is 2.35. The number of hydrogen-bond acceptors (Lipinski definition) is 7. The lowest BCUT2D eigenvalue weighted by Crippen LogP contribution is -1.97. The summed E-state index contributed by atoms with van der Waals surface area (Å²) in [4.78, 5) is 1.14. The zero-order valence-corrected chi connectivity index (χ0v) is 12.7. The number of ether oxygens (including phenoxy) is 2. The number of nitrogens with one attached hydrogen (secondary N) is 1. The van der Waals surface area contributed by atoms with Crippen molar-refractivity contribution in [2.45, 2.75) is 17.1 Å². The highest BCUT2D eigenvalue weighted by Gasteiger charge is 2.12. The minimum Gasteiger partial charge on any atom is -0.490 e. The third kappa shape index (κ3) is 2.99. The van der Waals surface area contributed by atoms with Crippen molar-refractivity contribution in [1.82, 2.24) is 9.59 Å². The van der Waals surface area contributed by atoms with Crippen LogP contribution >= 0.6 is 23.3 Å². The molecular formula is C13H15N3O2S2. The third-order valence-corrected chi connectivity index (χ3v) is 4.67. The molecule has 1 aliphatic rings. The summed E-state index contributed by atoms with van der Waals surface area (Å²) in [6.07, 6.45) is 0.924. The highest BCUT2D eigenvalue weighted by atomic mass is 32.2. The smallest absolute Gasteiger partial charge is 0.162 e. The van der Waals surface area contributed by atoms with Gasteiger partial charge >= 0.3 is 0 Å². The molecule has 0 aliphatic carbocycles. The summed E-state index contributed by atoms with van der Waals surface area (Å²) in [5, 5.41) is 8.26. The molecule has 1 aliphatic heterocycles. The molecule has 1 aromatic carbocycles. The molecule has 20 heavy (non-hydrogen) atoms. The molecule has 1 aromatic heterocycles. The van der Waals surface area contributed by atoms with Crippen LogP contribution in [-0.4, -0.2) is 29.8 Å². The number of hydrogen-bond donors (Lipinski definition) is 1. The van der Waals surface area contributed by atoms with Crippen molar-refractivity contribution >= 4 is 28.3 Å². The van der Waals surface area contributed by atoms with Crippen LogP contribution in [0.5, 0.6) is 11.5 Å². The van der Waals surface area contributed by atoms with Crippen molar-refractivity contribution in [2.24, 2.45) is 0 Å². The summed E-state index contributed by atoms with van der Waals surface area (Å²) < 4.78 is 15.3. The Labute approximate surface area is 125 Å². The third-order valence-electron chi connectivity index (χ3n) is 2.88. The number of fused-ring (bicyclic) bond motifs is 1. The number of benzene rings is 1. The van der Waals surface area contributed by atoms with Gasteiger partial charge in [0, 0.05) is 35.6 Å². The zero-order valence-electron chi connectivity index (χ0n) is 11.1.